The van der Waals surface area contributed by atoms with Crippen LogP contribution in [0, 0.1) is 6.92 Å². The van der Waals surface area contributed by atoms with E-state index in [2.05, 4.69) is 5.32 Å². The van der Waals surface area contributed by atoms with Gasteiger partial charge in [0.1, 0.15) is 0 Å². The summed E-state index contributed by atoms with van der Waals surface area (Å²) in [6.07, 6.45) is 0. The Kier molecular flexibility index (Phi) is 4.35. The zero-order valence-corrected chi connectivity index (χ0v) is 11.7. The Labute approximate surface area is 109 Å². The number of aliphatic hydroxyl groups is 1. The van der Waals surface area contributed by atoms with E-state index in [1.54, 1.807) is 19.0 Å². The Morgan fingerprint density at radius 3 is 2.56 bits per heavy atom. The molecule has 0 saturated carbocycles. The van der Waals surface area contributed by atoms with Crippen LogP contribution in [0.15, 0.2) is 18.2 Å². The van der Waals surface area contributed by atoms with Crippen molar-refractivity contribution in [3.63, 3.8) is 0 Å². The van der Waals surface area contributed by atoms with E-state index in [1.807, 2.05) is 39.0 Å². The largest absolute Gasteiger partial charge is 0.394 e. The van der Waals surface area contributed by atoms with E-state index in [-0.39, 0.29) is 12.5 Å². The van der Waals surface area contributed by atoms with E-state index in [0.29, 0.717) is 5.56 Å². The van der Waals surface area contributed by atoms with Crippen LogP contribution in [-0.2, 0) is 0 Å². The van der Waals surface area contributed by atoms with Gasteiger partial charge in [-0.25, -0.2) is 0 Å². The van der Waals surface area contributed by atoms with Gasteiger partial charge in [-0.2, -0.15) is 0 Å². The van der Waals surface area contributed by atoms with Gasteiger partial charge in [-0.3, -0.25) is 4.79 Å². The number of carbonyl (C=O) groups is 1. The Bertz CT molecular complexity index is 441. The summed E-state index contributed by atoms with van der Waals surface area (Å²) in [5, 5.41) is 12.3. The summed E-state index contributed by atoms with van der Waals surface area (Å²) in [5.41, 5.74) is 1.88. The molecule has 0 radical (unpaired) electrons. The minimum Gasteiger partial charge on any atom is -0.394 e. The first-order valence-corrected chi connectivity index (χ1v) is 6.01. The first kappa shape index (κ1) is 14.5. The van der Waals surface area contributed by atoms with Gasteiger partial charge in [0.15, 0.2) is 0 Å². The second-order valence-electron chi connectivity index (χ2n) is 5.13. The van der Waals surface area contributed by atoms with Crippen molar-refractivity contribution in [3.8, 4) is 0 Å². The third-order valence-corrected chi connectivity index (χ3v) is 3.27. The molecule has 0 aliphatic heterocycles. The van der Waals surface area contributed by atoms with Crippen molar-refractivity contribution < 1.29 is 9.90 Å². The van der Waals surface area contributed by atoms with Crippen molar-refractivity contribution in [2.75, 3.05) is 26.0 Å². The highest BCUT2D eigenvalue weighted by molar-refractivity contribution is 6.00. The van der Waals surface area contributed by atoms with Crippen molar-refractivity contribution >= 4 is 11.6 Å². The average molecular weight is 250 g/mol. The second kappa shape index (κ2) is 5.40. The van der Waals surface area contributed by atoms with Crippen LogP contribution < -0.4 is 5.32 Å². The summed E-state index contributed by atoms with van der Waals surface area (Å²) in [7, 11) is 3.50. The molecule has 0 bridgehead atoms. The molecule has 2 N–H and O–H groups in total. The second-order valence-corrected chi connectivity index (χ2v) is 5.13. The molecule has 4 heteroatoms. The number of hydrogen-bond donors (Lipinski definition) is 2. The fourth-order valence-corrected chi connectivity index (χ4v) is 1.61. The summed E-state index contributed by atoms with van der Waals surface area (Å²) in [6.45, 7) is 5.54. The number of aryl methyl sites for hydroxylation is 1. The molecule has 1 amide bonds. The number of nitrogens with one attached hydrogen (secondary N) is 1. The zero-order valence-electron chi connectivity index (χ0n) is 11.7. The minimum atomic E-state index is -0.578. The quantitative estimate of drug-likeness (QED) is 0.858. The van der Waals surface area contributed by atoms with Gasteiger partial charge < -0.3 is 15.3 Å². The SMILES string of the molecule is CNc1ccc(C)cc1C(=O)N(C)C(C)(C)CO. The molecule has 0 fully saturated rings. The van der Waals surface area contributed by atoms with Crippen molar-refractivity contribution in [1.29, 1.82) is 0 Å². The highest BCUT2D eigenvalue weighted by Gasteiger charge is 2.28. The number of aliphatic hydroxyl groups excluding tert-OH is 1. The lowest BCUT2D eigenvalue weighted by molar-refractivity contribution is 0.0474. The molecule has 0 spiro atoms. The molecule has 0 aliphatic carbocycles. The predicted octanol–water partition coefficient (Wildman–Crippen LogP) is 1.88. The summed E-state index contributed by atoms with van der Waals surface area (Å²) in [5.74, 6) is -0.0953. The number of amides is 1. The number of benzene rings is 1. The third-order valence-electron chi connectivity index (χ3n) is 3.27. The Hall–Kier alpha value is -1.55. The smallest absolute Gasteiger partial charge is 0.256 e. The topological polar surface area (TPSA) is 52.6 Å². The predicted molar refractivity (Wildman–Crippen MR) is 74.0 cm³/mol. The average Bonchev–Trinajstić information content (AvgIpc) is 2.36. The minimum absolute atomic E-state index is 0.0735. The lowest BCUT2D eigenvalue weighted by Gasteiger charge is -2.34. The van der Waals surface area contributed by atoms with Crippen LogP contribution in [0.5, 0.6) is 0 Å². The van der Waals surface area contributed by atoms with Crippen molar-refractivity contribution in [3.05, 3.63) is 29.3 Å². The first-order valence-electron chi connectivity index (χ1n) is 6.01. The van der Waals surface area contributed by atoms with Crippen molar-refractivity contribution in [2.45, 2.75) is 26.3 Å². The van der Waals surface area contributed by atoms with Crippen LogP contribution in [-0.4, -0.2) is 42.2 Å². The summed E-state index contributed by atoms with van der Waals surface area (Å²) < 4.78 is 0. The molecule has 0 heterocycles. The van der Waals surface area contributed by atoms with Gasteiger partial charge in [0.25, 0.3) is 5.91 Å². The van der Waals surface area contributed by atoms with Gasteiger partial charge in [-0.15, -0.1) is 0 Å². The molecule has 0 aromatic heterocycles. The number of rotatable bonds is 4. The summed E-state index contributed by atoms with van der Waals surface area (Å²) in [4.78, 5) is 14.0. The molecule has 4 nitrogen and oxygen atoms in total. The van der Waals surface area contributed by atoms with E-state index < -0.39 is 5.54 Å². The number of carbonyl (C=O) groups excluding carboxylic acids is 1. The molecule has 1 aromatic rings. The van der Waals surface area contributed by atoms with Crippen LogP contribution >= 0.6 is 0 Å². The van der Waals surface area contributed by atoms with Gasteiger partial charge in [-0.05, 0) is 32.9 Å². The van der Waals surface area contributed by atoms with Gasteiger partial charge in [0.05, 0.1) is 17.7 Å². The van der Waals surface area contributed by atoms with E-state index in [9.17, 15) is 9.90 Å². The third kappa shape index (κ3) is 2.82. The number of anilines is 1. The van der Waals surface area contributed by atoms with Crippen molar-refractivity contribution in [2.24, 2.45) is 0 Å². The maximum absolute atomic E-state index is 12.5. The first-order chi connectivity index (χ1) is 8.33. The molecular formula is C14H22N2O2. The van der Waals surface area contributed by atoms with Gasteiger partial charge in [-0.1, -0.05) is 11.6 Å². The molecular weight excluding hydrogens is 228 g/mol. The highest BCUT2D eigenvalue weighted by Crippen LogP contribution is 2.22. The standard InChI is InChI=1S/C14H22N2O2/c1-10-6-7-12(15-4)11(8-10)13(18)16(5)14(2,3)9-17/h6-8,15,17H,9H2,1-5H3. The van der Waals surface area contributed by atoms with Crippen LogP contribution in [0.1, 0.15) is 29.8 Å². The molecule has 0 aliphatic rings. The van der Waals surface area contributed by atoms with E-state index in [0.717, 1.165) is 11.3 Å². The monoisotopic (exact) mass is 250 g/mol. The zero-order chi connectivity index (χ0) is 13.9. The number of hydrogen-bond acceptors (Lipinski definition) is 3. The molecule has 100 valence electrons. The summed E-state index contributed by atoms with van der Waals surface area (Å²) in [6, 6.07) is 5.71. The molecule has 1 aromatic carbocycles. The van der Waals surface area contributed by atoms with Crippen LogP contribution in [0.3, 0.4) is 0 Å². The van der Waals surface area contributed by atoms with Gasteiger partial charge in [0.2, 0.25) is 0 Å². The van der Waals surface area contributed by atoms with Crippen LogP contribution in [0.25, 0.3) is 0 Å². The molecule has 1 rings (SSSR count). The lowest BCUT2D eigenvalue weighted by Crippen LogP contribution is -2.47. The Balaban J connectivity index is 3.14. The van der Waals surface area contributed by atoms with E-state index in [4.69, 9.17) is 0 Å². The maximum Gasteiger partial charge on any atom is 0.256 e. The van der Waals surface area contributed by atoms with E-state index >= 15 is 0 Å². The van der Waals surface area contributed by atoms with E-state index in [1.165, 1.54) is 0 Å². The van der Waals surface area contributed by atoms with Gasteiger partial charge in [0, 0.05) is 19.8 Å². The van der Waals surface area contributed by atoms with Gasteiger partial charge >= 0.3 is 0 Å². The Morgan fingerprint density at radius 2 is 2.06 bits per heavy atom. The van der Waals surface area contributed by atoms with Crippen molar-refractivity contribution in [1.82, 2.24) is 4.90 Å². The fraction of sp³-hybridized carbons (Fsp3) is 0.500. The van der Waals surface area contributed by atoms with Crippen LogP contribution in [0.2, 0.25) is 0 Å². The molecule has 0 saturated heterocycles. The molecule has 18 heavy (non-hydrogen) atoms. The highest BCUT2D eigenvalue weighted by atomic mass is 16.3. The number of nitrogens with zero attached hydrogens (tertiary/aromatic N) is 1. The van der Waals surface area contributed by atoms with Crippen LogP contribution in [0.4, 0.5) is 5.69 Å². The maximum atomic E-state index is 12.5. The Morgan fingerprint density at radius 1 is 1.44 bits per heavy atom. The normalized spacial score (nSPS) is 11.2. The number of likely N-dealkylation sites (N-methyl/N-ethyl adjacent to an activating group) is 1. The molecule has 0 atom stereocenters. The molecule has 0 unspecified atom stereocenters. The fourth-order valence-electron chi connectivity index (χ4n) is 1.61. The summed E-state index contributed by atoms with van der Waals surface area (Å²) >= 11 is 0. The lowest BCUT2D eigenvalue weighted by atomic mass is 10.0.